The van der Waals surface area contributed by atoms with E-state index in [0.29, 0.717) is 17.0 Å². The van der Waals surface area contributed by atoms with Gasteiger partial charge in [0, 0.05) is 18.2 Å². The van der Waals surface area contributed by atoms with Gasteiger partial charge in [-0.05, 0) is 43.9 Å². The second-order valence-electron chi connectivity index (χ2n) is 4.32. The SMILES string of the molecule is COC(C)CCC(N)Cc1ccc(Cl)cc1F. The maximum atomic E-state index is 13.5. The first-order valence-corrected chi connectivity index (χ1v) is 6.13. The molecule has 1 aromatic carbocycles. The topological polar surface area (TPSA) is 35.2 Å². The minimum Gasteiger partial charge on any atom is -0.382 e. The van der Waals surface area contributed by atoms with E-state index in [4.69, 9.17) is 22.1 Å². The van der Waals surface area contributed by atoms with E-state index in [-0.39, 0.29) is 18.0 Å². The minimum absolute atomic E-state index is 0.0525. The second kappa shape index (κ2) is 6.94. The molecule has 4 heteroatoms. The van der Waals surface area contributed by atoms with E-state index in [1.54, 1.807) is 19.2 Å². The number of hydrogen-bond acceptors (Lipinski definition) is 2. The molecule has 0 aliphatic carbocycles. The van der Waals surface area contributed by atoms with Crippen molar-refractivity contribution >= 4 is 11.6 Å². The number of rotatable bonds is 6. The quantitative estimate of drug-likeness (QED) is 0.852. The highest BCUT2D eigenvalue weighted by molar-refractivity contribution is 6.30. The lowest BCUT2D eigenvalue weighted by molar-refractivity contribution is 0.107. The summed E-state index contributed by atoms with van der Waals surface area (Å²) >= 11 is 5.69. The van der Waals surface area contributed by atoms with Crippen molar-refractivity contribution in [2.75, 3.05) is 7.11 Å². The first-order chi connectivity index (χ1) is 8.02. The van der Waals surface area contributed by atoms with Gasteiger partial charge in [-0.2, -0.15) is 0 Å². The van der Waals surface area contributed by atoms with Gasteiger partial charge in [0.2, 0.25) is 0 Å². The van der Waals surface area contributed by atoms with Crippen molar-refractivity contribution in [2.24, 2.45) is 5.73 Å². The Kier molecular flexibility index (Phi) is 5.89. The van der Waals surface area contributed by atoms with Crippen molar-refractivity contribution in [3.05, 3.63) is 34.6 Å². The lowest BCUT2D eigenvalue weighted by Crippen LogP contribution is -2.25. The Bertz CT molecular complexity index is 359. The molecule has 0 bridgehead atoms. The van der Waals surface area contributed by atoms with E-state index >= 15 is 0 Å². The fourth-order valence-electron chi connectivity index (χ4n) is 1.64. The van der Waals surface area contributed by atoms with E-state index in [9.17, 15) is 4.39 Å². The van der Waals surface area contributed by atoms with Crippen LogP contribution in [0.5, 0.6) is 0 Å². The molecule has 0 saturated carbocycles. The van der Waals surface area contributed by atoms with Gasteiger partial charge in [-0.3, -0.25) is 0 Å². The van der Waals surface area contributed by atoms with E-state index < -0.39 is 0 Å². The van der Waals surface area contributed by atoms with E-state index in [1.807, 2.05) is 6.92 Å². The summed E-state index contributed by atoms with van der Waals surface area (Å²) in [6.45, 7) is 2.00. The molecule has 0 saturated heterocycles. The molecule has 0 aliphatic heterocycles. The maximum Gasteiger partial charge on any atom is 0.127 e. The molecule has 2 atom stereocenters. The van der Waals surface area contributed by atoms with Gasteiger partial charge >= 0.3 is 0 Å². The highest BCUT2D eigenvalue weighted by Gasteiger charge is 2.10. The van der Waals surface area contributed by atoms with Crippen LogP contribution in [0.3, 0.4) is 0 Å². The van der Waals surface area contributed by atoms with Crippen LogP contribution in [0.1, 0.15) is 25.3 Å². The summed E-state index contributed by atoms with van der Waals surface area (Å²) in [5.41, 5.74) is 6.58. The van der Waals surface area contributed by atoms with Gasteiger partial charge in [0.25, 0.3) is 0 Å². The fraction of sp³-hybridized carbons (Fsp3) is 0.538. The van der Waals surface area contributed by atoms with Gasteiger partial charge in [0.15, 0.2) is 0 Å². The standard InChI is InChI=1S/C13H19ClFNO/c1-9(17-2)3-6-12(16)7-10-4-5-11(14)8-13(10)15/h4-5,8-9,12H,3,6-7,16H2,1-2H3. The van der Waals surface area contributed by atoms with E-state index in [1.165, 1.54) is 6.07 Å². The lowest BCUT2D eigenvalue weighted by atomic mass is 10.0. The highest BCUT2D eigenvalue weighted by Crippen LogP contribution is 2.17. The summed E-state index contributed by atoms with van der Waals surface area (Å²) in [7, 11) is 1.68. The fourth-order valence-corrected chi connectivity index (χ4v) is 1.80. The number of halogens is 2. The maximum absolute atomic E-state index is 13.5. The Balaban J connectivity index is 2.47. The molecule has 1 rings (SSSR count). The Labute approximate surface area is 107 Å². The first-order valence-electron chi connectivity index (χ1n) is 5.75. The lowest BCUT2D eigenvalue weighted by Gasteiger charge is -2.15. The van der Waals surface area contributed by atoms with Crippen LogP contribution in [-0.2, 0) is 11.2 Å². The molecular formula is C13H19ClFNO. The summed E-state index contributed by atoms with van der Waals surface area (Å²) in [5.74, 6) is -0.285. The zero-order chi connectivity index (χ0) is 12.8. The molecule has 2 nitrogen and oxygen atoms in total. The van der Waals surface area contributed by atoms with Gasteiger partial charge in [-0.25, -0.2) is 4.39 Å². The molecule has 0 fully saturated rings. The van der Waals surface area contributed by atoms with Crippen LogP contribution >= 0.6 is 11.6 Å². The van der Waals surface area contributed by atoms with E-state index in [2.05, 4.69) is 0 Å². The van der Waals surface area contributed by atoms with Crippen LogP contribution in [0.15, 0.2) is 18.2 Å². The summed E-state index contributed by atoms with van der Waals surface area (Å²) in [6.07, 6.45) is 2.42. The zero-order valence-electron chi connectivity index (χ0n) is 10.2. The molecule has 17 heavy (non-hydrogen) atoms. The smallest absolute Gasteiger partial charge is 0.127 e. The third kappa shape index (κ3) is 5.02. The molecule has 0 amide bonds. The van der Waals surface area contributed by atoms with Crippen LogP contribution in [-0.4, -0.2) is 19.3 Å². The average Bonchev–Trinajstić information content (AvgIpc) is 2.29. The number of benzene rings is 1. The minimum atomic E-state index is -0.285. The molecule has 0 heterocycles. The van der Waals surface area contributed by atoms with Gasteiger partial charge in [-0.15, -0.1) is 0 Å². The van der Waals surface area contributed by atoms with Crippen molar-refractivity contribution in [3.8, 4) is 0 Å². The summed E-state index contributed by atoms with van der Waals surface area (Å²) in [5, 5.41) is 0.410. The van der Waals surface area contributed by atoms with Gasteiger partial charge < -0.3 is 10.5 Å². The van der Waals surface area contributed by atoms with Gasteiger partial charge in [0.05, 0.1) is 6.10 Å². The third-order valence-corrected chi connectivity index (χ3v) is 3.08. The van der Waals surface area contributed by atoms with Crippen molar-refractivity contribution < 1.29 is 9.13 Å². The molecule has 96 valence electrons. The van der Waals surface area contributed by atoms with Crippen LogP contribution < -0.4 is 5.73 Å². The Morgan fingerprint density at radius 3 is 2.71 bits per heavy atom. The van der Waals surface area contributed by atoms with Crippen LogP contribution in [0.25, 0.3) is 0 Å². The Hall–Kier alpha value is -0.640. The third-order valence-electron chi connectivity index (χ3n) is 2.84. The highest BCUT2D eigenvalue weighted by atomic mass is 35.5. The average molecular weight is 260 g/mol. The monoisotopic (exact) mass is 259 g/mol. The largest absolute Gasteiger partial charge is 0.382 e. The molecule has 2 N–H and O–H groups in total. The van der Waals surface area contributed by atoms with Gasteiger partial charge in [-0.1, -0.05) is 17.7 Å². The normalized spacial score (nSPS) is 14.6. The van der Waals surface area contributed by atoms with Crippen molar-refractivity contribution in [1.82, 2.24) is 0 Å². The molecule has 0 radical (unpaired) electrons. The van der Waals surface area contributed by atoms with E-state index in [0.717, 1.165) is 12.8 Å². The first kappa shape index (κ1) is 14.4. The number of methoxy groups -OCH3 is 1. The Morgan fingerprint density at radius 1 is 1.41 bits per heavy atom. The zero-order valence-corrected chi connectivity index (χ0v) is 11.0. The summed E-state index contributed by atoms with van der Waals surface area (Å²) < 4.78 is 18.7. The number of ether oxygens (including phenoxy) is 1. The number of nitrogens with two attached hydrogens (primary N) is 1. The molecule has 0 aromatic heterocycles. The van der Waals surface area contributed by atoms with Crippen molar-refractivity contribution in [3.63, 3.8) is 0 Å². The van der Waals surface area contributed by atoms with Crippen molar-refractivity contribution in [1.29, 1.82) is 0 Å². The summed E-state index contributed by atoms with van der Waals surface area (Å²) in [6, 6.07) is 4.65. The molecule has 0 aliphatic rings. The van der Waals surface area contributed by atoms with Gasteiger partial charge in [0.1, 0.15) is 5.82 Å². The molecule has 2 unspecified atom stereocenters. The molecule has 1 aromatic rings. The van der Waals surface area contributed by atoms with Crippen LogP contribution in [0.2, 0.25) is 5.02 Å². The molecule has 0 spiro atoms. The summed E-state index contributed by atoms with van der Waals surface area (Å²) in [4.78, 5) is 0. The number of hydrogen-bond donors (Lipinski definition) is 1. The molecular weight excluding hydrogens is 241 g/mol. The predicted octanol–water partition coefficient (Wildman–Crippen LogP) is 3.16. The Morgan fingerprint density at radius 2 is 2.12 bits per heavy atom. The second-order valence-corrected chi connectivity index (χ2v) is 4.76. The van der Waals surface area contributed by atoms with Crippen LogP contribution in [0, 0.1) is 5.82 Å². The predicted molar refractivity (Wildman–Crippen MR) is 68.8 cm³/mol. The van der Waals surface area contributed by atoms with Crippen molar-refractivity contribution in [2.45, 2.75) is 38.3 Å². The van der Waals surface area contributed by atoms with Crippen LogP contribution in [0.4, 0.5) is 4.39 Å².